The lowest BCUT2D eigenvalue weighted by atomic mass is 9.72. The third-order valence-electron chi connectivity index (χ3n) is 5.68. The number of amides is 1. The Balaban J connectivity index is 1.63. The molecule has 1 aromatic rings. The number of benzene rings is 1. The summed E-state index contributed by atoms with van der Waals surface area (Å²) in [5.41, 5.74) is 2.23. The third kappa shape index (κ3) is 1.66. The van der Waals surface area contributed by atoms with Gasteiger partial charge in [-0.05, 0) is 29.7 Å². The predicted molar refractivity (Wildman–Crippen MR) is 82.4 cm³/mol. The summed E-state index contributed by atoms with van der Waals surface area (Å²) >= 11 is 0. The predicted octanol–water partition coefficient (Wildman–Crippen LogP) is 1.59. The standard InChI is InChI=1S/C18H17NO5/c1-22-18(21)15-11-4-2-3-10-12-6-14-13(23-8-24-14)5-9(12)7-19(16(10)11)17(15)20/h2-3,5-6,10-11,15-16H,4,7-8H2,1H3/t10-,11+,15?,16+/m0/s1. The normalized spacial score (nSPS) is 31.7. The topological polar surface area (TPSA) is 65.1 Å². The number of hydrogen-bond donors (Lipinski definition) is 0. The molecule has 1 amide bonds. The van der Waals surface area contributed by atoms with E-state index in [1.807, 2.05) is 17.0 Å². The maximum absolute atomic E-state index is 12.9. The van der Waals surface area contributed by atoms with Crippen LogP contribution in [0.25, 0.3) is 0 Å². The SMILES string of the molecule is COC(=O)C1C(=O)N2Cc3cc4c(cc3[C@@H]3C=CC[C@H]1[C@@H]32)OCO4. The van der Waals surface area contributed by atoms with E-state index in [4.69, 9.17) is 14.2 Å². The Morgan fingerprint density at radius 1 is 1.29 bits per heavy atom. The molecule has 0 N–H and O–H groups in total. The summed E-state index contributed by atoms with van der Waals surface area (Å²) in [6.45, 7) is 0.738. The summed E-state index contributed by atoms with van der Waals surface area (Å²) in [6, 6.07) is 4.01. The zero-order valence-corrected chi connectivity index (χ0v) is 13.2. The Morgan fingerprint density at radius 3 is 2.88 bits per heavy atom. The quantitative estimate of drug-likeness (QED) is 0.445. The lowest BCUT2D eigenvalue weighted by Gasteiger charge is -2.41. The Morgan fingerprint density at radius 2 is 2.08 bits per heavy atom. The van der Waals surface area contributed by atoms with Gasteiger partial charge in [-0.1, -0.05) is 12.2 Å². The van der Waals surface area contributed by atoms with Gasteiger partial charge in [0.1, 0.15) is 5.92 Å². The number of methoxy groups -OCH3 is 1. The van der Waals surface area contributed by atoms with Crippen molar-refractivity contribution in [2.45, 2.75) is 24.9 Å². The summed E-state index contributed by atoms with van der Waals surface area (Å²) < 4.78 is 15.9. The molecule has 3 aliphatic heterocycles. The summed E-state index contributed by atoms with van der Waals surface area (Å²) in [6.07, 6.45) is 4.96. The van der Waals surface area contributed by atoms with Crippen molar-refractivity contribution in [2.24, 2.45) is 11.8 Å². The van der Waals surface area contributed by atoms with Crippen LogP contribution in [0.3, 0.4) is 0 Å². The van der Waals surface area contributed by atoms with Gasteiger partial charge in [0.2, 0.25) is 12.7 Å². The first-order valence-electron chi connectivity index (χ1n) is 8.16. The van der Waals surface area contributed by atoms with Gasteiger partial charge in [-0.25, -0.2) is 0 Å². The van der Waals surface area contributed by atoms with E-state index in [0.29, 0.717) is 6.54 Å². The molecule has 1 aromatic carbocycles. The van der Waals surface area contributed by atoms with Gasteiger partial charge < -0.3 is 19.1 Å². The Labute approximate surface area is 139 Å². The fraction of sp³-hybridized carbons (Fsp3) is 0.444. The van der Waals surface area contributed by atoms with E-state index >= 15 is 0 Å². The number of carbonyl (C=O) groups is 2. The first-order chi connectivity index (χ1) is 11.7. The first kappa shape index (κ1) is 13.9. The van der Waals surface area contributed by atoms with Gasteiger partial charge in [0, 0.05) is 24.4 Å². The lowest BCUT2D eigenvalue weighted by molar-refractivity contribution is -0.151. The fourth-order valence-electron chi connectivity index (χ4n) is 4.67. The van der Waals surface area contributed by atoms with Crippen molar-refractivity contribution in [3.8, 4) is 11.5 Å². The van der Waals surface area contributed by atoms with Crippen LogP contribution in [-0.2, 0) is 20.9 Å². The molecule has 0 saturated carbocycles. The van der Waals surface area contributed by atoms with Crippen LogP contribution in [0.1, 0.15) is 23.5 Å². The zero-order valence-electron chi connectivity index (χ0n) is 13.2. The number of rotatable bonds is 1. The van der Waals surface area contributed by atoms with Crippen LogP contribution in [0.15, 0.2) is 24.3 Å². The Bertz CT molecular complexity index is 786. The van der Waals surface area contributed by atoms with Crippen molar-refractivity contribution in [1.29, 1.82) is 0 Å². The number of esters is 1. The molecule has 1 fully saturated rings. The molecule has 0 radical (unpaired) electrons. The van der Waals surface area contributed by atoms with E-state index in [1.54, 1.807) is 0 Å². The Hall–Kier alpha value is -2.50. The molecule has 4 atom stereocenters. The Kier molecular flexibility index (Phi) is 2.75. The highest BCUT2D eigenvalue weighted by molar-refractivity contribution is 6.00. The molecule has 0 aromatic heterocycles. The second kappa shape index (κ2) is 4.75. The summed E-state index contributed by atoms with van der Waals surface area (Å²) in [5, 5.41) is 0. The van der Waals surface area contributed by atoms with E-state index in [9.17, 15) is 9.59 Å². The molecule has 3 heterocycles. The molecule has 6 nitrogen and oxygen atoms in total. The van der Waals surface area contributed by atoms with Crippen molar-refractivity contribution in [3.63, 3.8) is 0 Å². The molecule has 5 rings (SSSR count). The van der Waals surface area contributed by atoms with Crippen molar-refractivity contribution in [1.82, 2.24) is 4.90 Å². The van der Waals surface area contributed by atoms with Crippen LogP contribution in [0.5, 0.6) is 11.5 Å². The summed E-state index contributed by atoms with van der Waals surface area (Å²) in [7, 11) is 1.34. The van der Waals surface area contributed by atoms with Gasteiger partial charge in [-0.3, -0.25) is 9.59 Å². The highest BCUT2D eigenvalue weighted by Gasteiger charge is 2.56. The van der Waals surface area contributed by atoms with E-state index in [0.717, 1.165) is 23.5 Å². The van der Waals surface area contributed by atoms with Crippen LogP contribution in [0.4, 0.5) is 0 Å². The molecule has 1 saturated heterocycles. The second-order valence-corrected chi connectivity index (χ2v) is 6.72. The molecule has 4 aliphatic rings. The minimum atomic E-state index is -0.693. The van der Waals surface area contributed by atoms with Gasteiger partial charge in [-0.2, -0.15) is 0 Å². The molecule has 124 valence electrons. The average Bonchev–Trinajstić information content (AvgIpc) is 3.16. The number of carbonyl (C=O) groups excluding carboxylic acids is 2. The molecule has 0 bridgehead atoms. The smallest absolute Gasteiger partial charge is 0.318 e. The molecular weight excluding hydrogens is 310 g/mol. The minimum absolute atomic E-state index is 0.0134. The highest BCUT2D eigenvalue weighted by atomic mass is 16.7. The van der Waals surface area contributed by atoms with Crippen LogP contribution in [-0.4, -0.2) is 36.7 Å². The maximum atomic E-state index is 12.9. The summed E-state index contributed by atoms with van der Waals surface area (Å²) in [5.74, 6) is 0.298. The first-order valence-corrected chi connectivity index (χ1v) is 8.16. The van der Waals surface area contributed by atoms with Gasteiger partial charge in [0.25, 0.3) is 0 Å². The van der Waals surface area contributed by atoms with Crippen LogP contribution in [0.2, 0.25) is 0 Å². The number of ether oxygens (including phenoxy) is 3. The van der Waals surface area contributed by atoms with Gasteiger partial charge in [0.15, 0.2) is 11.5 Å². The van der Waals surface area contributed by atoms with E-state index in [1.165, 1.54) is 12.7 Å². The number of allylic oxidation sites excluding steroid dienone is 1. The van der Waals surface area contributed by atoms with Crippen molar-refractivity contribution < 1.29 is 23.8 Å². The van der Waals surface area contributed by atoms with Gasteiger partial charge >= 0.3 is 5.97 Å². The van der Waals surface area contributed by atoms with Crippen LogP contribution >= 0.6 is 0 Å². The van der Waals surface area contributed by atoms with Gasteiger partial charge in [-0.15, -0.1) is 0 Å². The molecule has 24 heavy (non-hydrogen) atoms. The largest absolute Gasteiger partial charge is 0.468 e. The average molecular weight is 327 g/mol. The van der Waals surface area contributed by atoms with Gasteiger partial charge in [0.05, 0.1) is 7.11 Å². The van der Waals surface area contributed by atoms with Crippen LogP contribution < -0.4 is 9.47 Å². The van der Waals surface area contributed by atoms with E-state index in [2.05, 4.69) is 12.2 Å². The molecule has 0 spiro atoms. The molecule has 1 aliphatic carbocycles. The van der Waals surface area contributed by atoms with Crippen LogP contribution in [0, 0.1) is 11.8 Å². The number of nitrogens with zero attached hydrogens (tertiary/aromatic N) is 1. The zero-order chi connectivity index (χ0) is 16.4. The highest BCUT2D eigenvalue weighted by Crippen LogP contribution is 2.51. The number of hydrogen-bond acceptors (Lipinski definition) is 5. The van der Waals surface area contributed by atoms with Crippen molar-refractivity contribution in [3.05, 3.63) is 35.4 Å². The monoisotopic (exact) mass is 327 g/mol. The third-order valence-corrected chi connectivity index (χ3v) is 5.68. The molecule has 1 unspecified atom stereocenters. The maximum Gasteiger partial charge on any atom is 0.318 e. The van der Waals surface area contributed by atoms with E-state index < -0.39 is 11.9 Å². The van der Waals surface area contributed by atoms with Crippen molar-refractivity contribution in [2.75, 3.05) is 13.9 Å². The minimum Gasteiger partial charge on any atom is -0.468 e. The number of fused-ring (bicyclic) bond motifs is 3. The molecular formula is C18H17NO5. The fourth-order valence-corrected chi connectivity index (χ4v) is 4.67. The summed E-state index contributed by atoms with van der Waals surface area (Å²) in [4.78, 5) is 26.9. The molecule has 6 heteroatoms. The van der Waals surface area contributed by atoms with E-state index in [-0.39, 0.29) is 30.6 Å². The second-order valence-electron chi connectivity index (χ2n) is 6.72. The van der Waals surface area contributed by atoms with Crippen molar-refractivity contribution >= 4 is 11.9 Å². The lowest BCUT2D eigenvalue weighted by Crippen LogP contribution is -2.43.